The van der Waals surface area contributed by atoms with Crippen molar-refractivity contribution in [1.82, 2.24) is 4.90 Å². The Hall–Kier alpha value is -3.74. The van der Waals surface area contributed by atoms with Gasteiger partial charge in [0, 0.05) is 35.9 Å². The molecule has 2 amide bonds. The van der Waals surface area contributed by atoms with Gasteiger partial charge >= 0.3 is 5.97 Å². The third-order valence-electron chi connectivity index (χ3n) is 6.34. The van der Waals surface area contributed by atoms with Gasteiger partial charge in [-0.25, -0.2) is 0 Å². The molecule has 7 nitrogen and oxygen atoms in total. The van der Waals surface area contributed by atoms with E-state index >= 15 is 0 Å². The van der Waals surface area contributed by atoms with Gasteiger partial charge in [0.2, 0.25) is 0 Å². The molecule has 0 saturated heterocycles. The Kier molecular flexibility index (Phi) is 4.89. The number of aryl methyl sites for hydroxylation is 2. The van der Waals surface area contributed by atoms with Crippen LogP contribution in [0, 0.1) is 5.92 Å². The first-order valence-corrected chi connectivity index (χ1v) is 10.7. The van der Waals surface area contributed by atoms with E-state index in [0.717, 1.165) is 41.7 Å². The molecule has 32 heavy (non-hydrogen) atoms. The summed E-state index contributed by atoms with van der Waals surface area (Å²) in [5, 5.41) is 10.7. The highest BCUT2D eigenvalue weighted by molar-refractivity contribution is 6.21. The molecule has 1 atom stereocenters. The lowest BCUT2D eigenvalue weighted by molar-refractivity contribution is -0.141. The lowest BCUT2D eigenvalue weighted by atomic mass is 9.94. The van der Waals surface area contributed by atoms with Crippen molar-refractivity contribution in [1.29, 1.82) is 0 Å². The minimum Gasteiger partial charge on any atom is -0.481 e. The normalized spacial score (nSPS) is 16.2. The molecular formula is C25H21NO6. The van der Waals surface area contributed by atoms with E-state index in [2.05, 4.69) is 0 Å². The molecule has 0 saturated carbocycles. The zero-order chi connectivity index (χ0) is 22.4. The number of furan rings is 1. The number of rotatable bonds is 6. The summed E-state index contributed by atoms with van der Waals surface area (Å²) in [7, 11) is 0. The van der Waals surface area contributed by atoms with Crippen molar-refractivity contribution < 1.29 is 28.7 Å². The molecule has 5 rings (SSSR count). The van der Waals surface area contributed by atoms with Crippen LogP contribution in [0.2, 0.25) is 0 Å². The van der Waals surface area contributed by atoms with Crippen LogP contribution < -0.4 is 0 Å². The summed E-state index contributed by atoms with van der Waals surface area (Å²) in [5.74, 6) is -2.91. The summed E-state index contributed by atoms with van der Waals surface area (Å²) in [5.41, 5.74) is 2.69. The van der Waals surface area contributed by atoms with Crippen LogP contribution in [0.1, 0.15) is 61.7 Å². The molecule has 2 heterocycles. The maximum absolute atomic E-state index is 12.9. The molecule has 1 aliphatic heterocycles. The Morgan fingerprint density at radius 1 is 1.00 bits per heavy atom. The van der Waals surface area contributed by atoms with Gasteiger partial charge in [0.1, 0.15) is 11.3 Å². The van der Waals surface area contributed by atoms with Crippen molar-refractivity contribution in [2.24, 2.45) is 5.92 Å². The predicted octanol–water partition coefficient (Wildman–Crippen LogP) is 3.88. The van der Waals surface area contributed by atoms with Crippen molar-refractivity contribution in [3.8, 4) is 0 Å². The van der Waals surface area contributed by atoms with E-state index in [9.17, 15) is 24.3 Å². The fourth-order valence-electron chi connectivity index (χ4n) is 4.63. The average molecular weight is 431 g/mol. The highest BCUT2D eigenvalue weighted by Gasteiger charge is 2.38. The van der Waals surface area contributed by atoms with E-state index in [1.54, 1.807) is 24.3 Å². The zero-order valence-corrected chi connectivity index (χ0v) is 17.3. The standard InChI is InChI=1S/C25H21NO6/c27-20(14-9-10-17-16-5-3-4-8-21(16)32-22(17)12-14)11-15(25(30)31)13-26-23(28)18-6-1-2-7-19(18)24(26)29/h1-2,6-7,9-10,12,15H,3-5,8,11,13H2,(H,30,31). The molecule has 0 fully saturated rings. The number of nitrogens with zero attached hydrogens (tertiary/aromatic N) is 1. The maximum atomic E-state index is 12.9. The first-order valence-electron chi connectivity index (χ1n) is 10.7. The second-order valence-corrected chi connectivity index (χ2v) is 8.35. The van der Waals surface area contributed by atoms with Gasteiger partial charge in [-0.3, -0.25) is 24.1 Å². The molecule has 1 aromatic heterocycles. The SMILES string of the molecule is O=C(CC(CN1C(=O)c2ccccc2C1=O)C(=O)O)c1ccc2c3c(oc2c1)CCCC3. The minimum atomic E-state index is -1.23. The number of carbonyl (C=O) groups excluding carboxylic acids is 3. The Labute approximate surface area is 183 Å². The van der Waals surface area contributed by atoms with E-state index < -0.39 is 23.7 Å². The third-order valence-corrected chi connectivity index (χ3v) is 6.34. The summed E-state index contributed by atoms with van der Waals surface area (Å²) in [6.45, 7) is -0.356. The highest BCUT2D eigenvalue weighted by atomic mass is 16.4. The van der Waals surface area contributed by atoms with Crippen LogP contribution in [0.4, 0.5) is 0 Å². The first kappa shape index (κ1) is 20.2. The topological polar surface area (TPSA) is 105 Å². The van der Waals surface area contributed by atoms with E-state index in [1.807, 2.05) is 6.07 Å². The monoisotopic (exact) mass is 431 g/mol. The number of carboxylic acid groups (broad SMARTS) is 1. The van der Waals surface area contributed by atoms with Gasteiger partial charge in [-0.15, -0.1) is 0 Å². The number of hydrogen-bond acceptors (Lipinski definition) is 5. The molecule has 7 heteroatoms. The summed E-state index contributed by atoms with van der Waals surface area (Å²) in [6.07, 6.45) is 3.71. The third kappa shape index (κ3) is 3.30. The molecule has 0 spiro atoms. The van der Waals surface area contributed by atoms with E-state index in [1.165, 1.54) is 17.7 Å². The second kappa shape index (κ2) is 7.75. The van der Waals surface area contributed by atoms with Gasteiger partial charge in [-0.2, -0.15) is 0 Å². The lowest BCUT2D eigenvalue weighted by Crippen LogP contribution is -2.38. The van der Waals surface area contributed by atoms with E-state index in [-0.39, 0.29) is 29.9 Å². The Bertz CT molecular complexity index is 1250. The summed E-state index contributed by atoms with van der Waals surface area (Å²) in [6, 6.07) is 11.6. The van der Waals surface area contributed by atoms with Crippen LogP contribution in [0.5, 0.6) is 0 Å². The minimum absolute atomic E-state index is 0.250. The average Bonchev–Trinajstić information content (AvgIpc) is 3.28. The Balaban J connectivity index is 1.36. The van der Waals surface area contributed by atoms with E-state index in [4.69, 9.17) is 4.42 Å². The van der Waals surface area contributed by atoms with E-state index in [0.29, 0.717) is 11.1 Å². The van der Waals surface area contributed by atoms with Crippen molar-refractivity contribution in [3.05, 3.63) is 70.5 Å². The largest absolute Gasteiger partial charge is 0.481 e. The predicted molar refractivity (Wildman–Crippen MR) is 115 cm³/mol. The smallest absolute Gasteiger partial charge is 0.308 e. The number of hydrogen-bond donors (Lipinski definition) is 1. The number of ketones is 1. The number of carboxylic acids is 1. The summed E-state index contributed by atoms with van der Waals surface area (Å²) >= 11 is 0. The van der Waals surface area contributed by atoms with Crippen molar-refractivity contribution >= 4 is 34.5 Å². The lowest BCUT2D eigenvalue weighted by Gasteiger charge is -2.19. The van der Waals surface area contributed by atoms with Crippen LogP contribution in [-0.2, 0) is 17.6 Å². The molecule has 162 valence electrons. The number of amides is 2. The quantitative estimate of drug-likeness (QED) is 0.469. The van der Waals surface area contributed by atoms with Crippen molar-refractivity contribution in [2.75, 3.05) is 6.54 Å². The molecule has 0 radical (unpaired) electrons. The molecule has 0 bridgehead atoms. The van der Waals surface area contributed by atoms with Crippen LogP contribution in [0.15, 0.2) is 46.9 Å². The molecule has 1 aliphatic carbocycles. The number of fused-ring (bicyclic) bond motifs is 4. The summed E-state index contributed by atoms with van der Waals surface area (Å²) in [4.78, 5) is 50.8. The Morgan fingerprint density at radius 3 is 2.38 bits per heavy atom. The number of benzene rings is 2. The van der Waals surface area contributed by atoms with Crippen LogP contribution in [0.25, 0.3) is 11.0 Å². The second-order valence-electron chi connectivity index (χ2n) is 8.35. The maximum Gasteiger partial charge on any atom is 0.308 e. The van der Waals surface area contributed by atoms with Crippen molar-refractivity contribution in [3.63, 3.8) is 0 Å². The highest BCUT2D eigenvalue weighted by Crippen LogP contribution is 2.33. The van der Waals surface area contributed by atoms with Gasteiger partial charge in [0.15, 0.2) is 5.78 Å². The fourth-order valence-corrected chi connectivity index (χ4v) is 4.63. The van der Waals surface area contributed by atoms with Crippen LogP contribution >= 0.6 is 0 Å². The molecule has 2 aromatic carbocycles. The van der Waals surface area contributed by atoms with Gasteiger partial charge in [-0.05, 0) is 37.5 Å². The Morgan fingerprint density at radius 2 is 1.69 bits per heavy atom. The van der Waals surface area contributed by atoms with Crippen LogP contribution in [0.3, 0.4) is 0 Å². The molecule has 1 unspecified atom stereocenters. The van der Waals surface area contributed by atoms with Gasteiger partial charge in [0.05, 0.1) is 17.0 Å². The van der Waals surface area contributed by atoms with Gasteiger partial charge < -0.3 is 9.52 Å². The number of aliphatic carboxylic acids is 1. The number of imide groups is 1. The van der Waals surface area contributed by atoms with Crippen LogP contribution in [-0.4, -0.2) is 40.1 Å². The fraction of sp³-hybridized carbons (Fsp3) is 0.280. The summed E-state index contributed by atoms with van der Waals surface area (Å²) < 4.78 is 5.94. The molecule has 3 aromatic rings. The molecule has 1 N–H and O–H groups in total. The first-order chi connectivity index (χ1) is 15.4. The molecule has 2 aliphatic rings. The number of Topliss-reactive ketones (excluding diaryl/α,β-unsaturated/α-hetero) is 1. The van der Waals surface area contributed by atoms with Gasteiger partial charge in [-0.1, -0.05) is 24.3 Å². The number of carbonyl (C=O) groups is 4. The molecular weight excluding hydrogens is 410 g/mol. The zero-order valence-electron chi connectivity index (χ0n) is 17.3. The van der Waals surface area contributed by atoms with Crippen molar-refractivity contribution in [2.45, 2.75) is 32.1 Å². The van der Waals surface area contributed by atoms with Gasteiger partial charge in [0.25, 0.3) is 11.8 Å².